The minimum Gasteiger partial charge on any atom is -0.465 e. The molecule has 9 atom stereocenters. The first-order valence-corrected chi connectivity index (χ1v) is 14.1. The summed E-state index contributed by atoms with van der Waals surface area (Å²) in [6.07, 6.45) is 13.3. The van der Waals surface area contributed by atoms with Crippen molar-refractivity contribution in [3.8, 4) is 0 Å². The molecule has 0 radical (unpaired) electrons. The third-order valence-electron chi connectivity index (χ3n) is 8.28. The largest absolute Gasteiger partial charge is 0.465 e. The van der Waals surface area contributed by atoms with Gasteiger partial charge in [0.15, 0.2) is 5.72 Å². The molecule has 1 aliphatic rings. The summed E-state index contributed by atoms with van der Waals surface area (Å²) in [5.74, 6) is -1.34. The summed E-state index contributed by atoms with van der Waals surface area (Å²) < 4.78 is 0. The molecular formula is C31H53NO6. The Balaban J connectivity index is 2.78. The third-order valence-corrected chi connectivity index (χ3v) is 8.28. The van der Waals surface area contributed by atoms with E-state index in [1.54, 1.807) is 32.1 Å². The van der Waals surface area contributed by atoms with Crippen molar-refractivity contribution < 1.29 is 30.3 Å². The lowest BCUT2D eigenvalue weighted by atomic mass is 9.77. The van der Waals surface area contributed by atoms with Gasteiger partial charge in [-0.15, -0.1) is 0 Å². The van der Waals surface area contributed by atoms with Gasteiger partial charge in [0.1, 0.15) is 0 Å². The summed E-state index contributed by atoms with van der Waals surface area (Å²) in [5.41, 5.74) is -0.883. The van der Waals surface area contributed by atoms with E-state index in [2.05, 4.69) is 11.9 Å². The highest BCUT2D eigenvalue weighted by Gasteiger charge is 2.44. The minimum atomic E-state index is -1.87. The average Bonchev–Trinajstić information content (AvgIpc) is 3.36. The molecule has 0 saturated heterocycles. The Labute approximate surface area is 230 Å². The Kier molecular flexibility index (Phi) is 14.6. The van der Waals surface area contributed by atoms with Gasteiger partial charge in [-0.1, -0.05) is 109 Å². The van der Waals surface area contributed by atoms with Crippen LogP contribution in [0.1, 0.15) is 80.1 Å². The van der Waals surface area contributed by atoms with E-state index in [1.807, 2.05) is 45.9 Å². The summed E-state index contributed by atoms with van der Waals surface area (Å²) in [4.78, 5) is 11.4. The molecule has 0 bridgehead atoms. The van der Waals surface area contributed by atoms with E-state index >= 15 is 0 Å². The van der Waals surface area contributed by atoms with Crippen molar-refractivity contribution in [2.24, 2.45) is 35.5 Å². The molecule has 7 nitrogen and oxygen atoms in total. The highest BCUT2D eigenvalue weighted by atomic mass is 16.4. The maximum absolute atomic E-state index is 11.4. The molecule has 6 N–H and O–H groups in total. The van der Waals surface area contributed by atoms with E-state index < -0.39 is 42.0 Å². The Hall–Kier alpha value is -1.93. The summed E-state index contributed by atoms with van der Waals surface area (Å²) in [5, 5.41) is 55.0. The third kappa shape index (κ3) is 10.7. The number of hydrogen-bond donors (Lipinski definition) is 6. The predicted octanol–water partition coefficient (Wildman–Crippen LogP) is 5.42. The van der Waals surface area contributed by atoms with Crippen molar-refractivity contribution in [1.82, 2.24) is 5.32 Å². The monoisotopic (exact) mass is 535 g/mol. The molecule has 1 rings (SSSR count). The number of allylic oxidation sites excluding steroid dienone is 3. The van der Waals surface area contributed by atoms with Gasteiger partial charge in [0, 0.05) is 23.7 Å². The number of hydrogen-bond acceptors (Lipinski definition) is 5. The van der Waals surface area contributed by atoms with Crippen LogP contribution in [0.2, 0.25) is 0 Å². The van der Waals surface area contributed by atoms with Gasteiger partial charge in [0.2, 0.25) is 0 Å². The number of rotatable bonds is 16. The smallest absolute Gasteiger partial charge is 0.406 e. The lowest BCUT2D eigenvalue weighted by Gasteiger charge is -2.41. The zero-order chi connectivity index (χ0) is 29.0. The van der Waals surface area contributed by atoms with Gasteiger partial charge >= 0.3 is 6.09 Å². The van der Waals surface area contributed by atoms with Crippen LogP contribution in [0.4, 0.5) is 4.79 Å². The van der Waals surface area contributed by atoms with Crippen LogP contribution in [0.25, 0.3) is 0 Å². The molecule has 38 heavy (non-hydrogen) atoms. The van der Waals surface area contributed by atoms with Crippen molar-refractivity contribution in [1.29, 1.82) is 0 Å². The summed E-state index contributed by atoms with van der Waals surface area (Å²) in [6.45, 7) is 14.6. The summed E-state index contributed by atoms with van der Waals surface area (Å²) >= 11 is 0. The fourth-order valence-electron chi connectivity index (χ4n) is 5.77. The fraction of sp³-hybridized carbons (Fsp3) is 0.710. The van der Waals surface area contributed by atoms with Crippen LogP contribution in [-0.4, -0.2) is 55.7 Å². The zero-order valence-electron chi connectivity index (χ0n) is 24.3. The second-order valence-electron chi connectivity index (χ2n) is 11.7. The maximum Gasteiger partial charge on any atom is 0.406 e. The second-order valence-corrected chi connectivity index (χ2v) is 11.7. The standard InChI is InChI=1S/C31H53NO6/c1-8-9-12-24(6)31(38,32-30(36)37)25(7)29(35)23(5)18-20(2)17-22(4)28(34)21(3)15-16-27(33)19-26-13-10-11-14-26/h8-9,12,15-17,21-29,32-35,38H,1,10-11,13-14,18-19H2,2-7H3,(H,36,37)/t21-,22-,23-,24-,25+,27+,28-,29+,31-/m0/s1. The quantitative estimate of drug-likeness (QED) is 0.0889. The van der Waals surface area contributed by atoms with E-state index in [4.69, 9.17) is 0 Å². The van der Waals surface area contributed by atoms with Crippen molar-refractivity contribution in [2.45, 2.75) is 104 Å². The zero-order valence-corrected chi connectivity index (χ0v) is 24.3. The number of carbonyl (C=O) groups is 1. The topological polar surface area (TPSA) is 130 Å². The van der Waals surface area contributed by atoms with Gasteiger partial charge in [-0.3, -0.25) is 5.32 Å². The normalized spacial score (nSPS) is 23.4. The van der Waals surface area contributed by atoms with Gasteiger partial charge < -0.3 is 25.5 Å². The van der Waals surface area contributed by atoms with Gasteiger partial charge in [-0.05, 0) is 31.6 Å². The first kappa shape index (κ1) is 34.1. The van der Waals surface area contributed by atoms with Gasteiger partial charge in [-0.25, -0.2) is 4.79 Å². The molecule has 0 aromatic carbocycles. The fourth-order valence-corrected chi connectivity index (χ4v) is 5.77. The molecule has 1 amide bonds. The molecule has 218 valence electrons. The van der Waals surface area contributed by atoms with E-state index in [0.29, 0.717) is 12.3 Å². The van der Waals surface area contributed by atoms with Crippen LogP contribution in [0, 0.1) is 35.5 Å². The molecule has 1 fully saturated rings. The van der Waals surface area contributed by atoms with E-state index in [-0.39, 0.29) is 17.8 Å². The SMILES string of the molecule is C=CC=C[C@H](C)[C@@](O)(NC(=O)O)[C@H](C)[C@H](O)[C@@H](C)CC(C)=C[C@H](C)[C@@H](O)[C@@H](C)C=C[C@@H](O)CC1CCCC1. The van der Waals surface area contributed by atoms with Crippen LogP contribution < -0.4 is 5.32 Å². The molecule has 1 aliphatic carbocycles. The van der Waals surface area contributed by atoms with Crippen LogP contribution >= 0.6 is 0 Å². The summed E-state index contributed by atoms with van der Waals surface area (Å²) in [7, 11) is 0. The number of aliphatic hydroxyl groups is 4. The van der Waals surface area contributed by atoms with E-state index in [9.17, 15) is 30.3 Å². The predicted molar refractivity (Wildman–Crippen MR) is 153 cm³/mol. The van der Waals surface area contributed by atoms with Gasteiger partial charge in [-0.2, -0.15) is 0 Å². The number of nitrogens with one attached hydrogen (secondary N) is 1. The van der Waals surface area contributed by atoms with Crippen LogP contribution in [-0.2, 0) is 0 Å². The lowest BCUT2D eigenvalue weighted by molar-refractivity contribution is -0.116. The van der Waals surface area contributed by atoms with Crippen LogP contribution in [0.3, 0.4) is 0 Å². The molecule has 0 aromatic rings. The van der Waals surface area contributed by atoms with Gasteiger partial charge in [0.05, 0.1) is 18.3 Å². The molecule has 7 heteroatoms. The van der Waals surface area contributed by atoms with Crippen molar-refractivity contribution in [2.75, 3.05) is 0 Å². The molecule has 1 saturated carbocycles. The number of carboxylic acid groups (broad SMARTS) is 1. The Bertz CT molecular complexity index is 817. The molecule has 0 spiro atoms. The van der Waals surface area contributed by atoms with E-state index in [1.165, 1.54) is 25.7 Å². The molecule has 0 aliphatic heterocycles. The van der Waals surface area contributed by atoms with Crippen LogP contribution in [0.5, 0.6) is 0 Å². The summed E-state index contributed by atoms with van der Waals surface area (Å²) in [6, 6.07) is 0. The first-order valence-electron chi connectivity index (χ1n) is 14.1. The number of amides is 1. The molecule has 0 unspecified atom stereocenters. The Morgan fingerprint density at radius 1 is 1.00 bits per heavy atom. The number of aliphatic hydroxyl groups excluding tert-OH is 3. The van der Waals surface area contributed by atoms with Crippen molar-refractivity contribution in [3.05, 3.63) is 48.6 Å². The van der Waals surface area contributed by atoms with Gasteiger partial charge in [0.25, 0.3) is 0 Å². The van der Waals surface area contributed by atoms with Crippen molar-refractivity contribution in [3.63, 3.8) is 0 Å². The Morgan fingerprint density at radius 2 is 1.61 bits per heavy atom. The van der Waals surface area contributed by atoms with Crippen LogP contribution in [0.15, 0.2) is 48.6 Å². The second kappa shape index (κ2) is 16.2. The molecule has 0 heterocycles. The lowest BCUT2D eigenvalue weighted by Crippen LogP contribution is -2.60. The van der Waals surface area contributed by atoms with E-state index in [0.717, 1.165) is 12.0 Å². The minimum absolute atomic E-state index is 0.127. The molecule has 0 aromatic heterocycles. The highest BCUT2D eigenvalue weighted by molar-refractivity contribution is 5.65. The highest BCUT2D eigenvalue weighted by Crippen LogP contribution is 2.33. The maximum atomic E-state index is 11.4. The Morgan fingerprint density at radius 3 is 2.16 bits per heavy atom. The first-order chi connectivity index (χ1) is 17.7. The molecular weight excluding hydrogens is 482 g/mol. The average molecular weight is 536 g/mol. The van der Waals surface area contributed by atoms with Crippen molar-refractivity contribution >= 4 is 6.09 Å².